The average molecular weight is 234 g/mol. The number of hydrogen-bond acceptors (Lipinski definition) is 2. The maximum Gasteiger partial charge on any atom is 0.132 e. The molecule has 2 heteroatoms. The Morgan fingerprint density at radius 3 is 2.65 bits per heavy atom. The number of rotatable bonds is 7. The molecule has 1 rings (SSSR count). The van der Waals surface area contributed by atoms with Gasteiger partial charge in [-0.15, -0.1) is 0 Å². The molecule has 0 atom stereocenters. The molecule has 0 saturated carbocycles. The second kappa shape index (κ2) is 7.10. The number of aryl methyl sites for hydroxylation is 2. The van der Waals surface area contributed by atoms with Crippen LogP contribution >= 0.6 is 0 Å². The van der Waals surface area contributed by atoms with Crippen LogP contribution in [0.4, 0.5) is 0 Å². The van der Waals surface area contributed by atoms with E-state index < -0.39 is 0 Å². The van der Waals surface area contributed by atoms with Crippen LogP contribution in [0.3, 0.4) is 0 Å². The standard InChI is InChI=1S/C15H22O2/c1-4-6-14(16)8-5-7-13-9-10-15(17-3)11-12(13)2/h9-11H,4-8H2,1-3H3. The molecule has 0 aliphatic heterocycles. The van der Waals surface area contributed by atoms with Crippen LogP contribution in [-0.4, -0.2) is 12.9 Å². The molecular formula is C15H22O2. The maximum atomic E-state index is 11.4. The minimum absolute atomic E-state index is 0.388. The lowest BCUT2D eigenvalue weighted by atomic mass is 10.0. The molecule has 0 N–H and O–H groups in total. The van der Waals surface area contributed by atoms with Crippen LogP contribution in [0.1, 0.15) is 43.7 Å². The molecule has 0 aromatic heterocycles. The van der Waals surface area contributed by atoms with E-state index in [9.17, 15) is 4.79 Å². The fourth-order valence-electron chi connectivity index (χ4n) is 1.96. The lowest BCUT2D eigenvalue weighted by Crippen LogP contribution is -1.99. The van der Waals surface area contributed by atoms with Crippen molar-refractivity contribution in [3.8, 4) is 5.75 Å². The number of hydrogen-bond donors (Lipinski definition) is 0. The van der Waals surface area contributed by atoms with Crippen LogP contribution in [0.15, 0.2) is 18.2 Å². The SMILES string of the molecule is CCCC(=O)CCCc1ccc(OC)cc1C. The summed E-state index contributed by atoms with van der Waals surface area (Å²) in [6.45, 7) is 4.14. The van der Waals surface area contributed by atoms with Crippen LogP contribution in [0, 0.1) is 6.92 Å². The summed E-state index contributed by atoms with van der Waals surface area (Å²) in [6, 6.07) is 6.12. The van der Waals surface area contributed by atoms with Crippen molar-refractivity contribution in [1.82, 2.24) is 0 Å². The minimum atomic E-state index is 0.388. The molecule has 0 spiro atoms. The third-order valence-corrected chi connectivity index (χ3v) is 2.98. The molecule has 0 fully saturated rings. The molecule has 1 aromatic carbocycles. The summed E-state index contributed by atoms with van der Waals surface area (Å²) in [6.07, 6.45) is 4.32. The van der Waals surface area contributed by atoms with E-state index in [4.69, 9.17) is 4.74 Å². The van der Waals surface area contributed by atoms with Crippen molar-refractivity contribution in [2.75, 3.05) is 7.11 Å². The Morgan fingerprint density at radius 1 is 1.29 bits per heavy atom. The van der Waals surface area contributed by atoms with Crippen molar-refractivity contribution in [1.29, 1.82) is 0 Å². The molecular weight excluding hydrogens is 212 g/mol. The highest BCUT2D eigenvalue weighted by atomic mass is 16.5. The second-order valence-electron chi connectivity index (χ2n) is 4.43. The fourth-order valence-corrected chi connectivity index (χ4v) is 1.96. The first-order chi connectivity index (χ1) is 8.17. The van der Waals surface area contributed by atoms with Gasteiger partial charge in [-0.2, -0.15) is 0 Å². The zero-order valence-electron chi connectivity index (χ0n) is 11.1. The van der Waals surface area contributed by atoms with Gasteiger partial charge in [0.15, 0.2) is 0 Å². The Morgan fingerprint density at radius 2 is 2.06 bits per heavy atom. The Balaban J connectivity index is 2.44. The van der Waals surface area contributed by atoms with E-state index in [2.05, 4.69) is 13.0 Å². The van der Waals surface area contributed by atoms with Gasteiger partial charge in [-0.05, 0) is 49.4 Å². The molecule has 0 bridgehead atoms. The van der Waals surface area contributed by atoms with E-state index in [0.29, 0.717) is 12.2 Å². The summed E-state index contributed by atoms with van der Waals surface area (Å²) >= 11 is 0. The van der Waals surface area contributed by atoms with Gasteiger partial charge >= 0.3 is 0 Å². The van der Waals surface area contributed by atoms with Gasteiger partial charge in [0.05, 0.1) is 7.11 Å². The number of benzene rings is 1. The smallest absolute Gasteiger partial charge is 0.132 e. The van der Waals surface area contributed by atoms with Crippen LogP contribution in [-0.2, 0) is 11.2 Å². The van der Waals surface area contributed by atoms with Gasteiger partial charge in [0, 0.05) is 12.8 Å². The number of ether oxygens (including phenoxy) is 1. The topological polar surface area (TPSA) is 26.3 Å². The number of carbonyl (C=O) groups is 1. The first-order valence-corrected chi connectivity index (χ1v) is 6.32. The molecule has 0 saturated heterocycles. The third kappa shape index (κ3) is 4.59. The van der Waals surface area contributed by atoms with E-state index in [0.717, 1.165) is 31.4 Å². The summed E-state index contributed by atoms with van der Waals surface area (Å²) in [5.74, 6) is 1.28. The van der Waals surface area contributed by atoms with Gasteiger partial charge < -0.3 is 4.74 Å². The average Bonchev–Trinajstić information content (AvgIpc) is 2.31. The third-order valence-electron chi connectivity index (χ3n) is 2.98. The minimum Gasteiger partial charge on any atom is -0.497 e. The van der Waals surface area contributed by atoms with Crippen molar-refractivity contribution >= 4 is 5.78 Å². The predicted molar refractivity (Wildman–Crippen MR) is 70.6 cm³/mol. The molecule has 1 aromatic rings. The van der Waals surface area contributed by atoms with Crippen LogP contribution < -0.4 is 4.74 Å². The highest BCUT2D eigenvalue weighted by molar-refractivity contribution is 5.78. The number of methoxy groups -OCH3 is 1. The molecule has 94 valence electrons. The monoisotopic (exact) mass is 234 g/mol. The molecule has 0 aliphatic rings. The van der Waals surface area contributed by atoms with Crippen molar-refractivity contribution in [2.24, 2.45) is 0 Å². The van der Waals surface area contributed by atoms with Gasteiger partial charge in [0.1, 0.15) is 11.5 Å². The molecule has 0 radical (unpaired) electrons. The highest BCUT2D eigenvalue weighted by Crippen LogP contribution is 2.18. The summed E-state index contributed by atoms with van der Waals surface area (Å²) < 4.78 is 5.17. The van der Waals surface area contributed by atoms with Crippen molar-refractivity contribution in [3.05, 3.63) is 29.3 Å². The summed E-state index contributed by atoms with van der Waals surface area (Å²) in [5.41, 5.74) is 2.56. The summed E-state index contributed by atoms with van der Waals surface area (Å²) in [5, 5.41) is 0. The molecule has 2 nitrogen and oxygen atoms in total. The van der Waals surface area contributed by atoms with Crippen molar-refractivity contribution in [3.63, 3.8) is 0 Å². The van der Waals surface area contributed by atoms with Gasteiger partial charge in [-0.1, -0.05) is 13.0 Å². The summed E-state index contributed by atoms with van der Waals surface area (Å²) in [7, 11) is 1.68. The molecule has 17 heavy (non-hydrogen) atoms. The molecule has 0 aliphatic carbocycles. The Labute approximate surface area is 104 Å². The highest BCUT2D eigenvalue weighted by Gasteiger charge is 2.03. The molecule has 0 amide bonds. The van der Waals surface area contributed by atoms with Gasteiger partial charge in [0.2, 0.25) is 0 Å². The Kier molecular flexibility index (Phi) is 5.75. The van der Waals surface area contributed by atoms with Crippen LogP contribution in [0.25, 0.3) is 0 Å². The zero-order valence-corrected chi connectivity index (χ0v) is 11.1. The lowest BCUT2D eigenvalue weighted by molar-refractivity contribution is -0.119. The Hall–Kier alpha value is -1.31. The van der Waals surface area contributed by atoms with Gasteiger partial charge in [-0.3, -0.25) is 4.79 Å². The number of carbonyl (C=O) groups excluding carboxylic acids is 1. The van der Waals surface area contributed by atoms with Crippen molar-refractivity contribution in [2.45, 2.75) is 46.0 Å². The van der Waals surface area contributed by atoms with E-state index in [1.807, 2.05) is 19.1 Å². The van der Waals surface area contributed by atoms with Crippen LogP contribution in [0.2, 0.25) is 0 Å². The van der Waals surface area contributed by atoms with Gasteiger partial charge in [-0.25, -0.2) is 0 Å². The number of Topliss-reactive ketones (excluding diaryl/α,β-unsaturated/α-hetero) is 1. The number of ketones is 1. The van der Waals surface area contributed by atoms with E-state index in [1.54, 1.807) is 7.11 Å². The second-order valence-corrected chi connectivity index (χ2v) is 4.43. The van der Waals surface area contributed by atoms with E-state index in [1.165, 1.54) is 11.1 Å². The van der Waals surface area contributed by atoms with Crippen LogP contribution in [0.5, 0.6) is 5.75 Å². The summed E-state index contributed by atoms with van der Waals surface area (Å²) in [4.78, 5) is 11.4. The molecule has 0 unspecified atom stereocenters. The fraction of sp³-hybridized carbons (Fsp3) is 0.533. The Bertz CT molecular complexity index is 369. The zero-order chi connectivity index (χ0) is 12.7. The van der Waals surface area contributed by atoms with Crippen molar-refractivity contribution < 1.29 is 9.53 Å². The lowest BCUT2D eigenvalue weighted by Gasteiger charge is -2.07. The van der Waals surface area contributed by atoms with E-state index in [-0.39, 0.29) is 0 Å². The molecule has 0 heterocycles. The predicted octanol–water partition coefficient (Wildman–Crippen LogP) is 3.70. The van der Waals surface area contributed by atoms with E-state index >= 15 is 0 Å². The normalized spacial score (nSPS) is 10.3. The maximum absolute atomic E-state index is 11.4. The quantitative estimate of drug-likeness (QED) is 0.719. The first kappa shape index (κ1) is 13.8. The van der Waals surface area contributed by atoms with Gasteiger partial charge in [0.25, 0.3) is 0 Å². The largest absolute Gasteiger partial charge is 0.497 e. The first-order valence-electron chi connectivity index (χ1n) is 6.32.